The second-order valence-corrected chi connectivity index (χ2v) is 9.68. The van der Waals surface area contributed by atoms with Gasteiger partial charge in [-0.1, -0.05) is 12.1 Å². The molecule has 0 saturated carbocycles. The zero-order valence-corrected chi connectivity index (χ0v) is 18.9. The summed E-state index contributed by atoms with van der Waals surface area (Å²) in [6.45, 7) is 0.407. The van der Waals surface area contributed by atoms with Crippen molar-refractivity contribution in [1.29, 1.82) is 0 Å². The summed E-state index contributed by atoms with van der Waals surface area (Å²) < 4.78 is 10.6. The standard InChI is InChI=1S/C21H15N3O5S3/c25-18(17-10-23-19(31-17)15-2-1-7-30-15)22-5-6-24-20(26)16(32-21(24)27)9-12-3-4-13-14(8-12)29-11-28-13/h1-4,7-10H,5-6,11H2,(H,22,25)/b16-9+. The minimum absolute atomic E-state index is 0.0888. The fraction of sp³-hybridized carbons (Fsp3) is 0.143. The molecule has 0 radical (unpaired) electrons. The Balaban J connectivity index is 1.18. The van der Waals surface area contributed by atoms with Gasteiger partial charge in [0.05, 0.1) is 16.0 Å². The molecule has 3 amide bonds. The molecule has 11 heteroatoms. The van der Waals surface area contributed by atoms with Crippen molar-refractivity contribution in [1.82, 2.24) is 15.2 Å². The van der Waals surface area contributed by atoms with Crippen LogP contribution >= 0.6 is 34.4 Å². The van der Waals surface area contributed by atoms with Gasteiger partial charge in [0, 0.05) is 13.1 Å². The predicted octanol–water partition coefficient (Wildman–Crippen LogP) is 4.07. The molecule has 4 heterocycles. The van der Waals surface area contributed by atoms with Crippen LogP contribution in [0.3, 0.4) is 0 Å². The van der Waals surface area contributed by atoms with Gasteiger partial charge in [0.25, 0.3) is 17.1 Å². The number of ether oxygens (including phenoxy) is 2. The van der Waals surface area contributed by atoms with Gasteiger partial charge in [0.2, 0.25) is 6.79 Å². The molecule has 0 bridgehead atoms. The summed E-state index contributed by atoms with van der Waals surface area (Å²) in [5, 5.41) is 5.12. The van der Waals surface area contributed by atoms with E-state index < -0.39 is 0 Å². The van der Waals surface area contributed by atoms with E-state index in [1.165, 1.54) is 17.5 Å². The molecule has 1 N–H and O–H groups in total. The highest BCUT2D eigenvalue weighted by Crippen LogP contribution is 2.36. The summed E-state index contributed by atoms with van der Waals surface area (Å²) in [6.07, 6.45) is 3.18. The van der Waals surface area contributed by atoms with Crippen LogP contribution in [-0.2, 0) is 4.79 Å². The number of imide groups is 1. The molecule has 2 aliphatic rings. The lowest BCUT2D eigenvalue weighted by Gasteiger charge is -2.12. The van der Waals surface area contributed by atoms with Crippen molar-refractivity contribution in [3.05, 3.63) is 57.3 Å². The monoisotopic (exact) mass is 485 g/mol. The number of nitrogens with zero attached hydrogens (tertiary/aromatic N) is 2. The van der Waals surface area contributed by atoms with Crippen LogP contribution < -0.4 is 14.8 Å². The molecule has 162 valence electrons. The Labute approximate surface area is 194 Å². The van der Waals surface area contributed by atoms with Gasteiger partial charge in [0.1, 0.15) is 9.88 Å². The van der Waals surface area contributed by atoms with Crippen LogP contribution in [0.2, 0.25) is 0 Å². The third-order valence-corrected chi connectivity index (χ3v) is 7.59. The normalized spacial score (nSPS) is 16.2. The number of thiophene rings is 1. The number of carbonyl (C=O) groups excluding carboxylic acids is 3. The van der Waals surface area contributed by atoms with Crippen molar-refractivity contribution >= 4 is 57.6 Å². The van der Waals surface area contributed by atoms with Gasteiger partial charge in [-0.15, -0.1) is 22.7 Å². The summed E-state index contributed by atoms with van der Waals surface area (Å²) in [6, 6.07) is 9.19. The molecule has 1 fully saturated rings. The number of benzene rings is 1. The van der Waals surface area contributed by atoms with E-state index >= 15 is 0 Å². The first-order valence-electron chi connectivity index (χ1n) is 9.51. The second kappa shape index (κ2) is 8.77. The molecule has 1 aromatic carbocycles. The Morgan fingerprint density at radius 3 is 2.94 bits per heavy atom. The molecule has 5 rings (SSSR count). The molecule has 0 spiro atoms. The number of amides is 3. The lowest BCUT2D eigenvalue weighted by molar-refractivity contribution is -0.122. The largest absolute Gasteiger partial charge is 0.454 e. The highest BCUT2D eigenvalue weighted by molar-refractivity contribution is 8.18. The highest BCUT2D eigenvalue weighted by Gasteiger charge is 2.34. The van der Waals surface area contributed by atoms with Crippen molar-refractivity contribution in [2.24, 2.45) is 0 Å². The summed E-state index contributed by atoms with van der Waals surface area (Å²) in [7, 11) is 0. The number of rotatable bonds is 6. The summed E-state index contributed by atoms with van der Waals surface area (Å²) in [5.41, 5.74) is 0.736. The number of hydrogen-bond acceptors (Lipinski definition) is 9. The Morgan fingerprint density at radius 1 is 1.22 bits per heavy atom. The third kappa shape index (κ3) is 4.14. The number of aromatic nitrogens is 1. The van der Waals surface area contributed by atoms with Gasteiger partial charge in [-0.05, 0) is 47.0 Å². The fourth-order valence-corrected chi connectivity index (χ4v) is 5.61. The van der Waals surface area contributed by atoms with Gasteiger partial charge in [-0.2, -0.15) is 0 Å². The SMILES string of the molecule is O=C(NCCN1C(=O)S/C(=C/c2ccc3c(c2)OCO3)C1=O)c1cnc(-c2cccs2)s1. The van der Waals surface area contributed by atoms with E-state index in [2.05, 4.69) is 10.3 Å². The number of thioether (sulfide) groups is 1. The third-order valence-electron chi connectivity index (χ3n) is 4.65. The van der Waals surface area contributed by atoms with Crippen molar-refractivity contribution in [3.63, 3.8) is 0 Å². The van der Waals surface area contributed by atoms with Crippen molar-refractivity contribution in [2.75, 3.05) is 19.9 Å². The first-order chi connectivity index (χ1) is 15.6. The van der Waals surface area contributed by atoms with Gasteiger partial charge < -0.3 is 14.8 Å². The summed E-state index contributed by atoms with van der Waals surface area (Å²) >= 11 is 3.73. The van der Waals surface area contributed by atoms with Crippen LogP contribution in [0.1, 0.15) is 15.2 Å². The van der Waals surface area contributed by atoms with E-state index in [4.69, 9.17) is 9.47 Å². The second-order valence-electron chi connectivity index (χ2n) is 6.71. The maximum atomic E-state index is 12.7. The predicted molar refractivity (Wildman–Crippen MR) is 123 cm³/mol. The number of hydrogen-bond donors (Lipinski definition) is 1. The molecule has 0 unspecified atom stereocenters. The lowest BCUT2D eigenvalue weighted by atomic mass is 10.2. The van der Waals surface area contributed by atoms with Crippen LogP contribution in [0.25, 0.3) is 16.0 Å². The molecule has 1 saturated heterocycles. The van der Waals surface area contributed by atoms with Gasteiger partial charge in [0.15, 0.2) is 11.5 Å². The summed E-state index contributed by atoms with van der Waals surface area (Å²) in [4.78, 5) is 44.6. The topological polar surface area (TPSA) is 97.8 Å². The van der Waals surface area contributed by atoms with Crippen LogP contribution in [0.4, 0.5) is 4.79 Å². The maximum Gasteiger partial charge on any atom is 0.293 e. The number of carbonyl (C=O) groups is 3. The van der Waals surface area contributed by atoms with Gasteiger partial charge >= 0.3 is 0 Å². The van der Waals surface area contributed by atoms with E-state index in [1.54, 1.807) is 35.6 Å². The van der Waals surface area contributed by atoms with Crippen molar-refractivity contribution < 1.29 is 23.9 Å². The quantitative estimate of drug-likeness (QED) is 0.526. The van der Waals surface area contributed by atoms with E-state index in [1.807, 2.05) is 17.5 Å². The first-order valence-corrected chi connectivity index (χ1v) is 12.0. The van der Waals surface area contributed by atoms with Crippen LogP contribution in [-0.4, -0.2) is 46.8 Å². The van der Waals surface area contributed by atoms with Crippen LogP contribution in [0.5, 0.6) is 11.5 Å². The van der Waals surface area contributed by atoms with E-state index in [0.717, 1.165) is 32.1 Å². The molecule has 0 aliphatic carbocycles. The maximum absolute atomic E-state index is 12.7. The highest BCUT2D eigenvalue weighted by atomic mass is 32.2. The Morgan fingerprint density at radius 2 is 2.09 bits per heavy atom. The summed E-state index contributed by atoms with van der Waals surface area (Å²) in [5.74, 6) is 0.582. The smallest absolute Gasteiger partial charge is 0.293 e. The lowest BCUT2D eigenvalue weighted by Crippen LogP contribution is -2.37. The number of nitrogens with one attached hydrogen (secondary N) is 1. The molecular formula is C21H15N3O5S3. The van der Waals surface area contributed by atoms with Crippen LogP contribution in [0.15, 0.2) is 46.8 Å². The zero-order valence-electron chi connectivity index (χ0n) is 16.4. The Hall–Kier alpha value is -3.15. The average molecular weight is 486 g/mol. The minimum Gasteiger partial charge on any atom is -0.454 e. The molecule has 8 nitrogen and oxygen atoms in total. The van der Waals surface area contributed by atoms with E-state index in [-0.39, 0.29) is 36.9 Å². The van der Waals surface area contributed by atoms with Gasteiger partial charge in [-0.3, -0.25) is 19.3 Å². The zero-order chi connectivity index (χ0) is 22.1. The molecular weight excluding hydrogens is 470 g/mol. The average Bonchev–Trinajstić information content (AvgIpc) is 3.57. The van der Waals surface area contributed by atoms with E-state index in [0.29, 0.717) is 21.3 Å². The molecule has 2 aromatic heterocycles. The van der Waals surface area contributed by atoms with Gasteiger partial charge in [-0.25, -0.2) is 4.98 Å². The van der Waals surface area contributed by atoms with Crippen molar-refractivity contribution in [2.45, 2.75) is 0 Å². The molecule has 3 aromatic rings. The first kappa shape index (κ1) is 20.7. The Bertz CT molecular complexity index is 1240. The Kier molecular flexibility index (Phi) is 5.68. The number of fused-ring (bicyclic) bond motifs is 1. The molecule has 32 heavy (non-hydrogen) atoms. The van der Waals surface area contributed by atoms with Crippen LogP contribution in [0, 0.1) is 0 Å². The molecule has 2 aliphatic heterocycles. The number of thiazole rings is 1. The van der Waals surface area contributed by atoms with E-state index in [9.17, 15) is 14.4 Å². The fourth-order valence-electron chi connectivity index (χ4n) is 3.11. The van der Waals surface area contributed by atoms with Crippen molar-refractivity contribution in [3.8, 4) is 21.4 Å². The molecule has 0 atom stereocenters. The minimum atomic E-state index is -0.385.